The second kappa shape index (κ2) is 11.1. The van der Waals surface area contributed by atoms with Gasteiger partial charge in [-0.3, -0.25) is 9.80 Å². The van der Waals surface area contributed by atoms with Crippen LogP contribution in [0.25, 0.3) is 0 Å². The van der Waals surface area contributed by atoms with Crippen molar-refractivity contribution in [3.63, 3.8) is 0 Å². The molecule has 0 radical (unpaired) electrons. The molecule has 4 aliphatic heterocycles. The summed E-state index contributed by atoms with van der Waals surface area (Å²) in [6.07, 6.45) is 16.4. The number of nitrogens with zero attached hydrogens (tertiary/aromatic N) is 3. The molecule has 4 saturated heterocycles. The first-order chi connectivity index (χ1) is 15.3. The van der Waals surface area contributed by atoms with Gasteiger partial charge in [0.1, 0.15) is 0 Å². The summed E-state index contributed by atoms with van der Waals surface area (Å²) >= 11 is 0. The number of hydrogen-bond acceptors (Lipinski definition) is 3. The van der Waals surface area contributed by atoms with E-state index in [0.717, 1.165) is 54.0 Å². The monoisotopic (exact) mass is 445 g/mol. The SMILES string of the molecule is CC(C)N1C2CCCC1CC2.CC(C)N1CC2CCC(C2)C1.CC(C)N1CC2CCC1C2. The largest absolute Gasteiger partial charge is 0.300 e. The molecule has 0 amide bonds. The van der Waals surface area contributed by atoms with E-state index >= 15 is 0 Å². The molecular formula is C29H55N3. The summed E-state index contributed by atoms with van der Waals surface area (Å²) in [6.45, 7) is 18.1. The summed E-state index contributed by atoms with van der Waals surface area (Å²) in [5.74, 6) is 3.17. The van der Waals surface area contributed by atoms with E-state index in [1.54, 1.807) is 0 Å². The van der Waals surface area contributed by atoms with Crippen LogP contribution in [0.4, 0.5) is 0 Å². The van der Waals surface area contributed by atoms with Gasteiger partial charge in [0.15, 0.2) is 0 Å². The zero-order valence-corrected chi connectivity index (χ0v) is 22.4. The van der Waals surface area contributed by atoms with Gasteiger partial charge in [-0.1, -0.05) is 6.42 Å². The van der Waals surface area contributed by atoms with Crippen LogP contribution in [0.2, 0.25) is 0 Å². The van der Waals surface area contributed by atoms with Gasteiger partial charge in [0.05, 0.1) is 0 Å². The van der Waals surface area contributed by atoms with E-state index in [9.17, 15) is 0 Å². The Morgan fingerprint density at radius 1 is 0.500 bits per heavy atom. The van der Waals surface area contributed by atoms with Crippen LogP contribution in [-0.2, 0) is 0 Å². The van der Waals surface area contributed by atoms with Crippen LogP contribution in [0.5, 0.6) is 0 Å². The highest BCUT2D eigenvalue weighted by atomic mass is 15.2. The van der Waals surface area contributed by atoms with E-state index in [0.29, 0.717) is 0 Å². The lowest BCUT2D eigenvalue weighted by Gasteiger charge is -2.37. The molecule has 0 aromatic rings. The van der Waals surface area contributed by atoms with Crippen molar-refractivity contribution in [3.8, 4) is 0 Å². The standard InChI is InChI=1S/2C10H19N.C9H17N/c1-8(2)11-6-9-3-4-10(5-9)7-11;1-8(2)11-9-4-3-5-10(11)7-6-9;1-7(2)10-6-8-3-4-9(10)5-8/h2*8-10H,3-7H2,1-2H3;7-9H,3-6H2,1-2H3. The second-order valence-electron chi connectivity index (χ2n) is 13.1. The molecule has 0 aromatic heterocycles. The van der Waals surface area contributed by atoms with E-state index in [2.05, 4.69) is 56.2 Å². The van der Waals surface area contributed by atoms with Crippen molar-refractivity contribution in [2.24, 2.45) is 17.8 Å². The fraction of sp³-hybridized carbons (Fsp3) is 1.00. The van der Waals surface area contributed by atoms with Crippen molar-refractivity contribution in [2.75, 3.05) is 19.6 Å². The average molecular weight is 446 g/mol. The van der Waals surface area contributed by atoms with Crippen LogP contribution in [0.1, 0.15) is 112 Å². The molecule has 186 valence electrons. The molecule has 6 unspecified atom stereocenters. The van der Waals surface area contributed by atoms with Gasteiger partial charge in [-0.25, -0.2) is 0 Å². The molecule has 6 rings (SSSR count). The molecule has 6 aliphatic rings. The number of rotatable bonds is 3. The summed E-state index contributed by atoms with van der Waals surface area (Å²) in [7, 11) is 0. The van der Waals surface area contributed by atoms with E-state index in [-0.39, 0.29) is 0 Å². The second-order valence-corrected chi connectivity index (χ2v) is 13.1. The van der Waals surface area contributed by atoms with Crippen LogP contribution in [0, 0.1) is 17.8 Å². The molecular weight excluding hydrogens is 390 g/mol. The highest BCUT2D eigenvalue weighted by molar-refractivity contribution is 4.94. The van der Waals surface area contributed by atoms with Crippen molar-refractivity contribution in [3.05, 3.63) is 0 Å². The first-order valence-electron chi connectivity index (χ1n) is 14.6. The normalized spacial score (nSPS) is 38.9. The molecule has 3 heteroatoms. The first kappa shape index (κ1) is 25.0. The lowest BCUT2D eigenvalue weighted by Crippen LogP contribution is -2.43. The number of piperidine rings is 3. The van der Waals surface area contributed by atoms with E-state index in [1.165, 1.54) is 90.3 Å². The average Bonchev–Trinajstić information content (AvgIpc) is 3.52. The summed E-state index contributed by atoms with van der Waals surface area (Å²) in [5, 5.41) is 0. The third kappa shape index (κ3) is 5.92. The molecule has 4 heterocycles. The minimum Gasteiger partial charge on any atom is -0.300 e. The number of hydrogen-bond donors (Lipinski definition) is 0. The molecule has 6 bridgehead atoms. The van der Waals surface area contributed by atoms with Gasteiger partial charge in [0.25, 0.3) is 0 Å². The van der Waals surface area contributed by atoms with Crippen molar-refractivity contribution in [2.45, 2.75) is 148 Å². The van der Waals surface area contributed by atoms with Crippen LogP contribution >= 0.6 is 0 Å². The van der Waals surface area contributed by atoms with Gasteiger partial charge >= 0.3 is 0 Å². The molecule has 3 nitrogen and oxygen atoms in total. The maximum Gasteiger partial charge on any atom is 0.0101 e. The fourth-order valence-electron chi connectivity index (χ4n) is 8.27. The Morgan fingerprint density at radius 3 is 1.41 bits per heavy atom. The van der Waals surface area contributed by atoms with Crippen molar-refractivity contribution in [1.82, 2.24) is 14.7 Å². The predicted molar refractivity (Wildman–Crippen MR) is 138 cm³/mol. The zero-order valence-electron chi connectivity index (χ0n) is 22.4. The Bertz CT molecular complexity index is 545. The molecule has 32 heavy (non-hydrogen) atoms. The first-order valence-corrected chi connectivity index (χ1v) is 14.6. The summed E-state index contributed by atoms with van der Waals surface area (Å²) in [6, 6.07) is 5.22. The quantitative estimate of drug-likeness (QED) is 0.496. The Labute approximate surface area is 200 Å². The summed E-state index contributed by atoms with van der Waals surface area (Å²) in [4.78, 5) is 8.09. The van der Waals surface area contributed by atoms with Gasteiger partial charge in [0.2, 0.25) is 0 Å². The van der Waals surface area contributed by atoms with Crippen LogP contribution in [0.15, 0.2) is 0 Å². The highest BCUT2D eigenvalue weighted by Gasteiger charge is 2.39. The lowest BCUT2D eigenvalue weighted by atomic mass is 9.98. The van der Waals surface area contributed by atoms with Crippen molar-refractivity contribution < 1.29 is 0 Å². The topological polar surface area (TPSA) is 9.72 Å². The molecule has 2 saturated carbocycles. The smallest absolute Gasteiger partial charge is 0.0101 e. The summed E-state index contributed by atoms with van der Waals surface area (Å²) < 4.78 is 0. The van der Waals surface area contributed by atoms with Gasteiger partial charge < -0.3 is 4.90 Å². The number of likely N-dealkylation sites (tertiary alicyclic amines) is 2. The molecule has 0 N–H and O–H groups in total. The molecule has 6 atom stereocenters. The zero-order chi connectivity index (χ0) is 22.8. The number of fused-ring (bicyclic) bond motifs is 6. The maximum absolute atomic E-state index is 2.75. The van der Waals surface area contributed by atoms with Gasteiger partial charge in [-0.15, -0.1) is 0 Å². The molecule has 0 spiro atoms. The molecule has 0 aromatic carbocycles. The van der Waals surface area contributed by atoms with Crippen LogP contribution < -0.4 is 0 Å². The third-order valence-electron chi connectivity index (χ3n) is 9.83. The Kier molecular flexibility index (Phi) is 8.65. The molecule has 2 aliphatic carbocycles. The van der Waals surface area contributed by atoms with E-state index in [1.807, 2.05) is 0 Å². The van der Waals surface area contributed by atoms with Crippen molar-refractivity contribution >= 4 is 0 Å². The Balaban J connectivity index is 0.000000115. The predicted octanol–water partition coefficient (Wildman–Crippen LogP) is 6.42. The lowest BCUT2D eigenvalue weighted by molar-refractivity contribution is 0.104. The van der Waals surface area contributed by atoms with E-state index < -0.39 is 0 Å². The van der Waals surface area contributed by atoms with Crippen molar-refractivity contribution in [1.29, 1.82) is 0 Å². The Hall–Kier alpha value is -0.120. The minimum absolute atomic E-state index is 0.776. The summed E-state index contributed by atoms with van der Waals surface area (Å²) in [5.41, 5.74) is 0. The van der Waals surface area contributed by atoms with Gasteiger partial charge in [-0.2, -0.15) is 0 Å². The highest BCUT2D eigenvalue weighted by Crippen LogP contribution is 2.39. The van der Waals surface area contributed by atoms with Gasteiger partial charge in [-0.05, 0) is 124 Å². The molecule has 6 fully saturated rings. The fourth-order valence-corrected chi connectivity index (χ4v) is 8.27. The maximum atomic E-state index is 2.75. The van der Waals surface area contributed by atoms with Crippen LogP contribution in [0.3, 0.4) is 0 Å². The van der Waals surface area contributed by atoms with E-state index in [4.69, 9.17) is 0 Å². The van der Waals surface area contributed by atoms with Gasteiger partial charge in [0, 0.05) is 55.9 Å². The Morgan fingerprint density at radius 2 is 1.03 bits per heavy atom. The minimum atomic E-state index is 0.776. The third-order valence-corrected chi connectivity index (χ3v) is 9.83. The van der Waals surface area contributed by atoms with Crippen LogP contribution in [-0.4, -0.2) is 70.6 Å².